The van der Waals surface area contributed by atoms with Gasteiger partial charge in [-0.3, -0.25) is 11.3 Å². The molecule has 2 fully saturated rings. The average Bonchev–Trinajstić information content (AvgIpc) is 2.40. The molecule has 4 heteroatoms. The Bertz CT molecular complexity index is 249. The Morgan fingerprint density at radius 2 is 2.17 bits per heavy atom. The van der Waals surface area contributed by atoms with Crippen LogP contribution >= 0.6 is 0 Å². The van der Waals surface area contributed by atoms with Crippen molar-refractivity contribution in [2.45, 2.75) is 51.2 Å². The molecular weight excluding hydrogens is 226 g/mol. The smallest absolute Gasteiger partial charge is 0.0871 e. The van der Waals surface area contributed by atoms with Crippen LogP contribution < -0.4 is 11.3 Å². The molecule has 1 heterocycles. The molecule has 0 spiro atoms. The highest BCUT2D eigenvalue weighted by molar-refractivity contribution is 4.90. The number of hydrazine groups is 1. The highest BCUT2D eigenvalue weighted by Gasteiger charge is 2.36. The molecule has 1 saturated carbocycles. The van der Waals surface area contributed by atoms with E-state index in [-0.39, 0.29) is 6.10 Å². The van der Waals surface area contributed by atoms with Crippen molar-refractivity contribution in [2.75, 3.05) is 26.7 Å². The van der Waals surface area contributed by atoms with E-state index in [1.54, 1.807) is 0 Å². The third-order valence-corrected chi connectivity index (χ3v) is 4.84. The van der Waals surface area contributed by atoms with Crippen molar-refractivity contribution in [3.8, 4) is 0 Å². The number of ether oxygens (including phenoxy) is 1. The minimum Gasteiger partial charge on any atom is -0.374 e. The van der Waals surface area contributed by atoms with E-state index < -0.39 is 0 Å². The minimum absolute atomic E-state index is 0.255. The first-order valence-corrected chi connectivity index (χ1v) is 7.52. The molecule has 0 bridgehead atoms. The molecule has 4 nitrogen and oxygen atoms in total. The van der Waals surface area contributed by atoms with Gasteiger partial charge in [-0.15, -0.1) is 0 Å². The van der Waals surface area contributed by atoms with Crippen LogP contribution in [0.2, 0.25) is 0 Å². The van der Waals surface area contributed by atoms with E-state index in [0.717, 1.165) is 25.6 Å². The number of hydrogen-bond donors (Lipinski definition) is 2. The van der Waals surface area contributed by atoms with Gasteiger partial charge < -0.3 is 9.64 Å². The number of likely N-dealkylation sites (N-methyl/N-ethyl adjacent to an activating group) is 1. The maximum absolute atomic E-state index is 5.96. The lowest BCUT2D eigenvalue weighted by Crippen LogP contribution is -2.57. The molecule has 18 heavy (non-hydrogen) atoms. The fourth-order valence-electron chi connectivity index (χ4n) is 3.75. The minimum atomic E-state index is 0.255. The Morgan fingerprint density at radius 3 is 2.83 bits per heavy atom. The first kappa shape index (κ1) is 14.3. The Kier molecular flexibility index (Phi) is 5.42. The van der Waals surface area contributed by atoms with E-state index in [9.17, 15) is 0 Å². The maximum Gasteiger partial charge on any atom is 0.0871 e. The van der Waals surface area contributed by atoms with Crippen LogP contribution in [0.4, 0.5) is 0 Å². The second kappa shape index (κ2) is 6.85. The van der Waals surface area contributed by atoms with Gasteiger partial charge in [-0.2, -0.15) is 0 Å². The Balaban J connectivity index is 2.01. The van der Waals surface area contributed by atoms with Crippen LogP contribution in [0.15, 0.2) is 0 Å². The molecule has 0 aromatic carbocycles. The van der Waals surface area contributed by atoms with Gasteiger partial charge >= 0.3 is 0 Å². The van der Waals surface area contributed by atoms with Gasteiger partial charge in [0.25, 0.3) is 0 Å². The van der Waals surface area contributed by atoms with Crippen molar-refractivity contribution >= 4 is 0 Å². The monoisotopic (exact) mass is 255 g/mol. The van der Waals surface area contributed by atoms with E-state index >= 15 is 0 Å². The van der Waals surface area contributed by atoms with Gasteiger partial charge in [0.2, 0.25) is 0 Å². The molecule has 3 N–H and O–H groups in total. The zero-order valence-corrected chi connectivity index (χ0v) is 11.9. The molecular formula is C14H29N3O. The quantitative estimate of drug-likeness (QED) is 0.588. The second-order valence-electron chi connectivity index (χ2n) is 5.98. The SMILES string of the molecule is CCC1CCCCC1C(NN)C1CN(C)CCO1. The lowest BCUT2D eigenvalue weighted by atomic mass is 9.72. The first-order chi connectivity index (χ1) is 8.76. The highest BCUT2D eigenvalue weighted by atomic mass is 16.5. The van der Waals surface area contributed by atoms with Crippen LogP contribution in [0, 0.1) is 11.8 Å². The zero-order chi connectivity index (χ0) is 13.0. The number of nitrogens with two attached hydrogens (primary N) is 1. The molecule has 1 aliphatic carbocycles. The van der Waals surface area contributed by atoms with Crippen molar-refractivity contribution in [1.82, 2.24) is 10.3 Å². The molecule has 2 aliphatic rings. The van der Waals surface area contributed by atoms with E-state index in [0.29, 0.717) is 12.0 Å². The van der Waals surface area contributed by atoms with Gasteiger partial charge in [-0.05, 0) is 25.3 Å². The van der Waals surface area contributed by atoms with Crippen molar-refractivity contribution in [3.63, 3.8) is 0 Å². The highest BCUT2D eigenvalue weighted by Crippen LogP contribution is 2.36. The number of nitrogens with zero attached hydrogens (tertiary/aromatic N) is 1. The second-order valence-corrected chi connectivity index (χ2v) is 5.98. The number of nitrogens with one attached hydrogen (secondary N) is 1. The average molecular weight is 255 g/mol. The molecule has 0 aromatic heterocycles. The summed E-state index contributed by atoms with van der Waals surface area (Å²) in [6.45, 7) is 5.19. The van der Waals surface area contributed by atoms with Crippen molar-refractivity contribution in [3.05, 3.63) is 0 Å². The van der Waals surface area contributed by atoms with Gasteiger partial charge in [-0.25, -0.2) is 0 Å². The molecule has 4 unspecified atom stereocenters. The van der Waals surface area contributed by atoms with Crippen molar-refractivity contribution in [1.29, 1.82) is 0 Å². The third-order valence-electron chi connectivity index (χ3n) is 4.84. The topological polar surface area (TPSA) is 50.5 Å². The molecule has 1 saturated heterocycles. The van der Waals surface area contributed by atoms with Crippen LogP contribution in [-0.2, 0) is 4.74 Å². The maximum atomic E-state index is 5.96. The van der Waals surface area contributed by atoms with E-state index in [1.807, 2.05) is 0 Å². The van der Waals surface area contributed by atoms with Gasteiger partial charge in [0.15, 0.2) is 0 Å². The number of hydrogen-bond acceptors (Lipinski definition) is 4. The summed E-state index contributed by atoms with van der Waals surface area (Å²) < 4.78 is 5.96. The lowest BCUT2D eigenvalue weighted by molar-refractivity contribution is -0.0589. The fraction of sp³-hybridized carbons (Fsp3) is 1.00. The van der Waals surface area contributed by atoms with Crippen molar-refractivity contribution in [2.24, 2.45) is 17.7 Å². The Hall–Kier alpha value is -0.160. The van der Waals surface area contributed by atoms with E-state index in [4.69, 9.17) is 10.6 Å². The molecule has 1 aliphatic heterocycles. The zero-order valence-electron chi connectivity index (χ0n) is 11.9. The summed E-state index contributed by atoms with van der Waals surface area (Å²) in [6.07, 6.45) is 6.93. The predicted octanol–water partition coefficient (Wildman–Crippen LogP) is 1.37. The molecule has 0 aromatic rings. The first-order valence-electron chi connectivity index (χ1n) is 7.52. The summed E-state index contributed by atoms with van der Waals surface area (Å²) in [5.74, 6) is 7.35. The molecule has 4 atom stereocenters. The number of morpholine rings is 1. The standard InChI is InChI=1S/C14H29N3O/c1-3-11-6-4-5-7-12(11)14(16-15)13-10-17(2)8-9-18-13/h11-14,16H,3-10,15H2,1-2H3. The van der Waals surface area contributed by atoms with Crippen LogP contribution in [0.1, 0.15) is 39.0 Å². The van der Waals surface area contributed by atoms with Gasteiger partial charge in [0, 0.05) is 13.1 Å². The van der Waals surface area contributed by atoms with Crippen LogP contribution in [-0.4, -0.2) is 43.8 Å². The van der Waals surface area contributed by atoms with Crippen molar-refractivity contribution < 1.29 is 4.74 Å². The predicted molar refractivity (Wildman–Crippen MR) is 74.1 cm³/mol. The largest absolute Gasteiger partial charge is 0.374 e. The fourth-order valence-corrected chi connectivity index (χ4v) is 3.75. The van der Waals surface area contributed by atoms with Gasteiger partial charge in [-0.1, -0.05) is 32.6 Å². The Labute approximate surface area is 111 Å². The third kappa shape index (κ3) is 3.23. The normalized spacial score (nSPS) is 36.5. The summed E-state index contributed by atoms with van der Waals surface area (Å²) in [5, 5.41) is 0. The summed E-state index contributed by atoms with van der Waals surface area (Å²) in [7, 11) is 2.17. The lowest BCUT2D eigenvalue weighted by Gasteiger charge is -2.42. The van der Waals surface area contributed by atoms with E-state index in [1.165, 1.54) is 32.1 Å². The number of rotatable bonds is 4. The Morgan fingerprint density at radius 1 is 1.39 bits per heavy atom. The van der Waals surface area contributed by atoms with Crippen LogP contribution in [0.25, 0.3) is 0 Å². The molecule has 0 radical (unpaired) electrons. The van der Waals surface area contributed by atoms with Crippen LogP contribution in [0.3, 0.4) is 0 Å². The molecule has 106 valence electrons. The van der Waals surface area contributed by atoms with Gasteiger partial charge in [0.05, 0.1) is 18.8 Å². The molecule has 0 amide bonds. The van der Waals surface area contributed by atoms with Gasteiger partial charge in [0.1, 0.15) is 0 Å². The van der Waals surface area contributed by atoms with Crippen LogP contribution in [0.5, 0.6) is 0 Å². The summed E-state index contributed by atoms with van der Waals surface area (Å²) in [4.78, 5) is 2.35. The summed E-state index contributed by atoms with van der Waals surface area (Å²) in [6, 6.07) is 0.318. The van der Waals surface area contributed by atoms with E-state index in [2.05, 4.69) is 24.3 Å². The summed E-state index contributed by atoms with van der Waals surface area (Å²) in [5.41, 5.74) is 3.07. The molecule has 2 rings (SSSR count). The summed E-state index contributed by atoms with van der Waals surface area (Å²) >= 11 is 0.